The van der Waals surface area contributed by atoms with Gasteiger partial charge in [-0.25, -0.2) is 8.42 Å². The Kier molecular flexibility index (Phi) is 5.78. The second-order valence-corrected chi connectivity index (χ2v) is 6.91. The van der Waals surface area contributed by atoms with Gasteiger partial charge in [-0.3, -0.25) is 0 Å². The third kappa shape index (κ3) is 5.59. The van der Waals surface area contributed by atoms with Gasteiger partial charge in [0.15, 0.2) is 0 Å². The Labute approximate surface area is 114 Å². The number of hydrogen-bond donors (Lipinski definition) is 1. The van der Waals surface area contributed by atoms with E-state index in [0.29, 0.717) is 24.4 Å². The summed E-state index contributed by atoms with van der Waals surface area (Å²) in [5, 5.41) is 10.2. The van der Waals surface area contributed by atoms with E-state index in [1.165, 1.54) is 6.26 Å². The number of sulfone groups is 1. The molecule has 0 heterocycles. The number of likely N-dealkylation sites (N-methyl/N-ethyl adjacent to an activating group) is 1. The Morgan fingerprint density at radius 3 is 2.58 bits per heavy atom. The highest BCUT2D eigenvalue weighted by molar-refractivity contribution is 7.90. The fourth-order valence-corrected chi connectivity index (χ4v) is 2.39. The summed E-state index contributed by atoms with van der Waals surface area (Å²) < 4.78 is 27.4. The van der Waals surface area contributed by atoms with Crippen molar-refractivity contribution in [2.24, 2.45) is 0 Å². The molecule has 0 fully saturated rings. The highest BCUT2D eigenvalue weighted by atomic mass is 32.2. The number of ether oxygens (including phenoxy) is 1. The minimum atomic E-state index is -2.98. The van der Waals surface area contributed by atoms with E-state index >= 15 is 0 Å². The topological polar surface area (TPSA) is 66.8 Å². The summed E-state index contributed by atoms with van der Waals surface area (Å²) in [7, 11) is 0.356. The molecule has 1 atom stereocenters. The van der Waals surface area contributed by atoms with Crippen LogP contribution in [-0.2, 0) is 9.84 Å². The highest BCUT2D eigenvalue weighted by Crippen LogP contribution is 2.24. The van der Waals surface area contributed by atoms with Crippen molar-refractivity contribution in [3.8, 4) is 5.75 Å². The van der Waals surface area contributed by atoms with Gasteiger partial charge in [0, 0.05) is 24.9 Å². The van der Waals surface area contributed by atoms with Gasteiger partial charge in [-0.05, 0) is 13.1 Å². The molecule has 0 aliphatic carbocycles. The van der Waals surface area contributed by atoms with Gasteiger partial charge in [0.1, 0.15) is 15.6 Å². The van der Waals surface area contributed by atoms with Gasteiger partial charge in [-0.1, -0.05) is 18.2 Å². The van der Waals surface area contributed by atoms with Crippen LogP contribution in [0.4, 0.5) is 0 Å². The van der Waals surface area contributed by atoms with Crippen molar-refractivity contribution in [1.29, 1.82) is 0 Å². The van der Waals surface area contributed by atoms with Gasteiger partial charge in [-0.2, -0.15) is 0 Å². The number of rotatable bonds is 7. The number of nitrogens with zero attached hydrogens (tertiary/aromatic N) is 1. The minimum absolute atomic E-state index is 0.0855. The Morgan fingerprint density at radius 1 is 1.37 bits per heavy atom. The third-order valence-electron chi connectivity index (χ3n) is 2.83. The third-order valence-corrected chi connectivity index (χ3v) is 3.75. The predicted octanol–water partition coefficient (Wildman–Crippen LogP) is 0.705. The summed E-state index contributed by atoms with van der Waals surface area (Å²) in [5.41, 5.74) is 0.705. The van der Waals surface area contributed by atoms with Crippen molar-refractivity contribution >= 4 is 9.84 Å². The molecule has 0 radical (unpaired) electrons. The zero-order chi connectivity index (χ0) is 14.5. The minimum Gasteiger partial charge on any atom is -0.496 e. The summed E-state index contributed by atoms with van der Waals surface area (Å²) in [6.45, 7) is 0.751. The fourth-order valence-electron chi connectivity index (χ4n) is 1.75. The smallest absolute Gasteiger partial charge is 0.148 e. The van der Waals surface area contributed by atoms with E-state index in [1.807, 2.05) is 12.1 Å². The van der Waals surface area contributed by atoms with E-state index in [-0.39, 0.29) is 5.75 Å². The molecule has 6 heteroatoms. The van der Waals surface area contributed by atoms with E-state index in [1.54, 1.807) is 31.2 Å². The summed E-state index contributed by atoms with van der Waals surface area (Å²) in [6.07, 6.45) is 0.498. The molecule has 0 spiro atoms. The molecule has 0 saturated heterocycles. The first-order valence-corrected chi connectivity index (χ1v) is 8.07. The Morgan fingerprint density at radius 2 is 2.00 bits per heavy atom. The van der Waals surface area contributed by atoms with E-state index in [0.717, 1.165) is 0 Å². The number of methoxy groups -OCH3 is 1. The molecular weight excluding hydrogens is 266 g/mol. The van der Waals surface area contributed by atoms with Crippen LogP contribution in [0.25, 0.3) is 0 Å². The molecule has 1 aromatic rings. The van der Waals surface area contributed by atoms with Gasteiger partial charge in [0.25, 0.3) is 0 Å². The van der Waals surface area contributed by atoms with Gasteiger partial charge in [-0.15, -0.1) is 0 Å². The summed E-state index contributed by atoms with van der Waals surface area (Å²) in [6, 6.07) is 7.25. The van der Waals surface area contributed by atoms with Gasteiger partial charge >= 0.3 is 0 Å². The molecule has 0 bridgehead atoms. The van der Waals surface area contributed by atoms with Gasteiger partial charge in [0.05, 0.1) is 19.0 Å². The van der Waals surface area contributed by atoms with Crippen LogP contribution in [0, 0.1) is 0 Å². The lowest BCUT2D eigenvalue weighted by Gasteiger charge is -2.21. The average Bonchev–Trinajstić information content (AvgIpc) is 2.35. The first-order chi connectivity index (χ1) is 8.83. The highest BCUT2D eigenvalue weighted by Gasteiger charge is 2.15. The molecule has 0 aromatic heterocycles. The molecule has 0 saturated carbocycles. The van der Waals surface area contributed by atoms with Crippen LogP contribution in [-0.4, -0.2) is 57.7 Å². The van der Waals surface area contributed by atoms with E-state index in [9.17, 15) is 13.5 Å². The average molecular weight is 287 g/mol. The van der Waals surface area contributed by atoms with Crippen LogP contribution in [0.15, 0.2) is 24.3 Å². The van der Waals surface area contributed by atoms with Crippen LogP contribution in [0.5, 0.6) is 5.75 Å². The summed E-state index contributed by atoms with van der Waals surface area (Å²) >= 11 is 0. The molecule has 1 rings (SSSR count). The molecule has 0 aliphatic rings. The summed E-state index contributed by atoms with van der Waals surface area (Å²) in [5.74, 6) is 0.716. The number of aliphatic hydroxyl groups is 1. The number of aliphatic hydroxyl groups excluding tert-OH is 1. The number of para-hydroxylation sites is 1. The second-order valence-electron chi connectivity index (χ2n) is 4.65. The quantitative estimate of drug-likeness (QED) is 0.800. The Hall–Kier alpha value is -1.11. The van der Waals surface area contributed by atoms with E-state index in [2.05, 4.69) is 0 Å². The predicted molar refractivity (Wildman–Crippen MR) is 75.2 cm³/mol. The van der Waals surface area contributed by atoms with Gasteiger partial charge < -0.3 is 14.7 Å². The molecule has 0 aliphatic heterocycles. The number of benzene rings is 1. The van der Waals surface area contributed by atoms with Crippen LogP contribution in [0.1, 0.15) is 11.7 Å². The SMILES string of the molecule is COc1ccccc1C(O)CN(C)CCS(C)(=O)=O. The monoisotopic (exact) mass is 287 g/mol. The van der Waals surface area contributed by atoms with Crippen molar-refractivity contribution in [3.63, 3.8) is 0 Å². The molecule has 1 unspecified atom stereocenters. The first kappa shape index (κ1) is 15.9. The molecule has 19 heavy (non-hydrogen) atoms. The second kappa shape index (κ2) is 6.88. The van der Waals surface area contributed by atoms with Crippen molar-refractivity contribution in [3.05, 3.63) is 29.8 Å². The lowest BCUT2D eigenvalue weighted by atomic mass is 10.1. The largest absolute Gasteiger partial charge is 0.496 e. The normalized spacial score (nSPS) is 13.5. The molecular formula is C13H21NO4S. The Bertz CT molecular complexity index is 501. The van der Waals surface area contributed by atoms with E-state index < -0.39 is 15.9 Å². The number of hydrogen-bond acceptors (Lipinski definition) is 5. The van der Waals surface area contributed by atoms with Crippen molar-refractivity contribution in [2.75, 3.05) is 39.3 Å². The Balaban J connectivity index is 2.61. The molecule has 1 aromatic carbocycles. The summed E-state index contributed by atoms with van der Waals surface area (Å²) in [4.78, 5) is 1.79. The van der Waals surface area contributed by atoms with Crippen molar-refractivity contribution < 1.29 is 18.3 Å². The standard InChI is InChI=1S/C13H21NO4S/c1-14(8-9-19(3,16)17)10-12(15)11-6-4-5-7-13(11)18-2/h4-7,12,15H,8-10H2,1-3H3. The van der Waals surface area contributed by atoms with Crippen LogP contribution < -0.4 is 4.74 Å². The van der Waals surface area contributed by atoms with Crippen LogP contribution in [0.3, 0.4) is 0 Å². The van der Waals surface area contributed by atoms with Crippen LogP contribution >= 0.6 is 0 Å². The zero-order valence-corrected chi connectivity index (χ0v) is 12.4. The lowest BCUT2D eigenvalue weighted by Crippen LogP contribution is -2.29. The maximum absolute atomic E-state index is 11.1. The lowest BCUT2D eigenvalue weighted by molar-refractivity contribution is 0.127. The van der Waals surface area contributed by atoms with Gasteiger partial charge in [0.2, 0.25) is 0 Å². The maximum atomic E-state index is 11.1. The van der Waals surface area contributed by atoms with Crippen molar-refractivity contribution in [1.82, 2.24) is 4.90 Å². The molecule has 108 valence electrons. The van der Waals surface area contributed by atoms with Crippen LogP contribution in [0.2, 0.25) is 0 Å². The van der Waals surface area contributed by atoms with Crippen molar-refractivity contribution in [2.45, 2.75) is 6.10 Å². The zero-order valence-electron chi connectivity index (χ0n) is 11.5. The molecule has 0 amide bonds. The molecule has 5 nitrogen and oxygen atoms in total. The maximum Gasteiger partial charge on any atom is 0.148 e. The first-order valence-electron chi connectivity index (χ1n) is 6.00. The van der Waals surface area contributed by atoms with E-state index in [4.69, 9.17) is 4.74 Å². The molecule has 1 N–H and O–H groups in total. The fraction of sp³-hybridized carbons (Fsp3) is 0.538.